The summed E-state index contributed by atoms with van der Waals surface area (Å²) in [5.74, 6) is -0.344. The SMILES string of the molecule is Cc1ccc(NC(=O)C(C)Sc2cccc(NC(=O)/C(=C/c3ccc(OCc4ccccc4)cc3)NC(=O)c3ccccc3)c2)cc1C. The second kappa shape index (κ2) is 16.3. The molecular weight excluding hydrogens is 619 g/mol. The summed E-state index contributed by atoms with van der Waals surface area (Å²) in [6.07, 6.45) is 1.62. The Labute approximate surface area is 285 Å². The van der Waals surface area contributed by atoms with Gasteiger partial charge in [-0.15, -0.1) is 11.8 Å². The van der Waals surface area contributed by atoms with Gasteiger partial charge in [0.2, 0.25) is 5.91 Å². The molecular formula is C40H37N3O4S. The number of carbonyl (C=O) groups is 3. The van der Waals surface area contributed by atoms with Crippen molar-refractivity contribution < 1.29 is 19.1 Å². The third-order valence-corrected chi connectivity index (χ3v) is 8.61. The summed E-state index contributed by atoms with van der Waals surface area (Å²) >= 11 is 1.38. The van der Waals surface area contributed by atoms with Crippen LogP contribution >= 0.6 is 11.8 Å². The highest BCUT2D eigenvalue weighted by Crippen LogP contribution is 2.27. The predicted molar refractivity (Wildman–Crippen MR) is 194 cm³/mol. The standard InChI is InChI=1S/C40H37N3O4S/c1-27-17-20-34(23-28(27)2)41-38(44)29(3)48-36-16-10-15-33(25-36)42-40(46)37(43-39(45)32-13-8-5-9-14-32)24-30-18-21-35(22-19-30)47-26-31-11-6-4-7-12-31/h4-25,29H,26H2,1-3H3,(H,41,44)(H,42,46)(H,43,45)/b37-24-. The Balaban J connectivity index is 1.28. The Morgan fingerprint density at radius 1 is 0.729 bits per heavy atom. The van der Waals surface area contributed by atoms with Gasteiger partial charge in [-0.1, -0.05) is 72.8 Å². The summed E-state index contributed by atoms with van der Waals surface area (Å²) < 4.78 is 5.90. The number of anilines is 2. The lowest BCUT2D eigenvalue weighted by atomic mass is 10.1. The molecule has 0 heterocycles. The van der Waals surface area contributed by atoms with Gasteiger partial charge in [-0.25, -0.2) is 0 Å². The molecule has 0 radical (unpaired) electrons. The molecule has 242 valence electrons. The Morgan fingerprint density at radius 3 is 2.12 bits per heavy atom. The van der Waals surface area contributed by atoms with E-state index in [1.54, 1.807) is 42.5 Å². The number of carbonyl (C=O) groups excluding carboxylic acids is 3. The summed E-state index contributed by atoms with van der Waals surface area (Å²) in [5, 5.41) is 8.27. The van der Waals surface area contributed by atoms with Crippen LogP contribution < -0.4 is 20.7 Å². The highest BCUT2D eigenvalue weighted by Gasteiger charge is 2.18. The number of hydrogen-bond acceptors (Lipinski definition) is 5. The van der Waals surface area contributed by atoms with Crippen molar-refractivity contribution in [1.29, 1.82) is 0 Å². The number of aryl methyl sites for hydroxylation is 2. The predicted octanol–water partition coefficient (Wildman–Crippen LogP) is 8.41. The molecule has 5 aromatic rings. The van der Waals surface area contributed by atoms with E-state index in [4.69, 9.17) is 4.74 Å². The first-order valence-corrected chi connectivity index (χ1v) is 16.4. The lowest BCUT2D eigenvalue weighted by Gasteiger charge is -2.15. The summed E-state index contributed by atoms with van der Waals surface area (Å²) in [6, 6.07) is 39.0. The average molecular weight is 656 g/mol. The molecule has 3 amide bonds. The van der Waals surface area contributed by atoms with Crippen LogP contribution in [0.5, 0.6) is 5.75 Å². The van der Waals surface area contributed by atoms with Crippen LogP contribution in [0.4, 0.5) is 11.4 Å². The highest BCUT2D eigenvalue weighted by molar-refractivity contribution is 8.00. The van der Waals surface area contributed by atoms with Gasteiger partial charge >= 0.3 is 0 Å². The molecule has 1 atom stereocenters. The van der Waals surface area contributed by atoms with E-state index in [0.29, 0.717) is 29.2 Å². The minimum absolute atomic E-state index is 0.0704. The van der Waals surface area contributed by atoms with Crippen LogP contribution in [-0.2, 0) is 16.2 Å². The molecule has 0 saturated carbocycles. The topological polar surface area (TPSA) is 96.5 Å². The van der Waals surface area contributed by atoms with Gasteiger partial charge in [-0.3, -0.25) is 14.4 Å². The van der Waals surface area contributed by atoms with Crippen molar-refractivity contribution in [2.45, 2.75) is 37.5 Å². The van der Waals surface area contributed by atoms with E-state index >= 15 is 0 Å². The molecule has 0 aliphatic carbocycles. The second-order valence-corrected chi connectivity index (χ2v) is 12.7. The Bertz CT molecular complexity index is 1910. The van der Waals surface area contributed by atoms with E-state index in [1.165, 1.54) is 11.8 Å². The van der Waals surface area contributed by atoms with Crippen molar-refractivity contribution in [2.75, 3.05) is 10.6 Å². The molecule has 48 heavy (non-hydrogen) atoms. The number of benzene rings is 5. The number of hydrogen-bond donors (Lipinski definition) is 3. The molecule has 0 fully saturated rings. The number of amides is 3. The first-order chi connectivity index (χ1) is 23.2. The van der Waals surface area contributed by atoms with E-state index in [9.17, 15) is 14.4 Å². The van der Waals surface area contributed by atoms with Crippen molar-refractivity contribution >= 4 is 46.9 Å². The van der Waals surface area contributed by atoms with E-state index in [-0.39, 0.29) is 11.6 Å². The lowest BCUT2D eigenvalue weighted by Crippen LogP contribution is -2.30. The van der Waals surface area contributed by atoms with Crippen LogP contribution in [0.15, 0.2) is 138 Å². The molecule has 5 aromatic carbocycles. The zero-order valence-corrected chi connectivity index (χ0v) is 27.8. The van der Waals surface area contributed by atoms with Crippen molar-refractivity contribution in [1.82, 2.24) is 5.32 Å². The molecule has 5 rings (SSSR count). The number of rotatable bonds is 12. The van der Waals surface area contributed by atoms with Gasteiger partial charge in [-0.2, -0.15) is 0 Å². The molecule has 0 bridgehead atoms. The molecule has 0 aliphatic rings. The van der Waals surface area contributed by atoms with Gasteiger partial charge in [0, 0.05) is 21.8 Å². The Morgan fingerprint density at radius 2 is 1.42 bits per heavy atom. The largest absolute Gasteiger partial charge is 0.489 e. The Kier molecular flexibility index (Phi) is 11.5. The molecule has 8 heteroatoms. The van der Waals surface area contributed by atoms with Crippen LogP contribution in [0.3, 0.4) is 0 Å². The number of nitrogens with one attached hydrogen (secondary N) is 3. The van der Waals surface area contributed by atoms with E-state index in [2.05, 4.69) is 16.0 Å². The lowest BCUT2D eigenvalue weighted by molar-refractivity contribution is -0.115. The summed E-state index contributed by atoms with van der Waals surface area (Å²) in [6.45, 7) is 6.31. The normalized spacial score (nSPS) is 11.7. The van der Waals surface area contributed by atoms with Crippen molar-refractivity contribution in [2.24, 2.45) is 0 Å². The van der Waals surface area contributed by atoms with Crippen LogP contribution in [0, 0.1) is 13.8 Å². The first kappa shape index (κ1) is 33.8. The summed E-state index contributed by atoms with van der Waals surface area (Å²) in [4.78, 5) is 40.4. The van der Waals surface area contributed by atoms with Crippen LogP contribution in [0.1, 0.15) is 39.5 Å². The highest BCUT2D eigenvalue weighted by atomic mass is 32.2. The minimum Gasteiger partial charge on any atom is -0.489 e. The number of ether oxygens (including phenoxy) is 1. The molecule has 0 aliphatic heterocycles. The van der Waals surface area contributed by atoms with Gasteiger partial charge in [0.05, 0.1) is 5.25 Å². The average Bonchev–Trinajstić information content (AvgIpc) is 3.10. The maximum atomic E-state index is 13.6. The van der Waals surface area contributed by atoms with E-state index < -0.39 is 17.1 Å². The second-order valence-electron chi connectivity index (χ2n) is 11.3. The molecule has 1 unspecified atom stereocenters. The quantitative estimate of drug-likeness (QED) is 0.0927. The fourth-order valence-electron chi connectivity index (χ4n) is 4.68. The Hall–Kier alpha value is -5.60. The summed E-state index contributed by atoms with van der Waals surface area (Å²) in [7, 11) is 0. The van der Waals surface area contributed by atoms with Crippen molar-refractivity contribution in [3.63, 3.8) is 0 Å². The minimum atomic E-state index is -0.494. The molecule has 3 N–H and O–H groups in total. The third kappa shape index (κ3) is 9.70. The molecule has 0 aromatic heterocycles. The third-order valence-electron chi connectivity index (χ3n) is 7.52. The van der Waals surface area contributed by atoms with Gasteiger partial charge in [0.15, 0.2) is 0 Å². The number of thioether (sulfide) groups is 1. The first-order valence-electron chi connectivity index (χ1n) is 15.5. The van der Waals surface area contributed by atoms with Gasteiger partial charge < -0.3 is 20.7 Å². The van der Waals surface area contributed by atoms with Gasteiger partial charge in [-0.05, 0) is 104 Å². The maximum absolute atomic E-state index is 13.6. The zero-order valence-electron chi connectivity index (χ0n) is 27.0. The van der Waals surface area contributed by atoms with Crippen LogP contribution in [0.2, 0.25) is 0 Å². The molecule has 0 saturated heterocycles. The fraction of sp³-hybridized carbons (Fsp3) is 0.125. The van der Waals surface area contributed by atoms with Crippen LogP contribution in [-0.4, -0.2) is 23.0 Å². The van der Waals surface area contributed by atoms with Crippen molar-refractivity contribution in [3.05, 3.63) is 161 Å². The molecule has 0 spiro atoms. The van der Waals surface area contributed by atoms with E-state index in [1.807, 2.05) is 112 Å². The molecule has 7 nitrogen and oxygen atoms in total. The van der Waals surface area contributed by atoms with Gasteiger partial charge in [0.25, 0.3) is 11.8 Å². The smallest absolute Gasteiger partial charge is 0.272 e. The van der Waals surface area contributed by atoms with E-state index in [0.717, 1.165) is 27.3 Å². The zero-order chi connectivity index (χ0) is 33.9. The van der Waals surface area contributed by atoms with Crippen LogP contribution in [0.25, 0.3) is 6.08 Å². The monoisotopic (exact) mass is 655 g/mol. The summed E-state index contributed by atoms with van der Waals surface area (Å²) in [5.41, 5.74) is 5.80. The fourth-order valence-corrected chi connectivity index (χ4v) is 5.60. The van der Waals surface area contributed by atoms with Gasteiger partial charge in [0.1, 0.15) is 18.1 Å². The maximum Gasteiger partial charge on any atom is 0.272 e. The van der Waals surface area contributed by atoms with Crippen molar-refractivity contribution in [3.8, 4) is 5.75 Å².